The summed E-state index contributed by atoms with van der Waals surface area (Å²) in [6.07, 6.45) is 1.73. The molecule has 0 saturated carbocycles. The van der Waals surface area contributed by atoms with Gasteiger partial charge >= 0.3 is 5.97 Å². The Hall–Kier alpha value is -3.08. The summed E-state index contributed by atoms with van der Waals surface area (Å²) in [5.41, 5.74) is 2.82. The molecule has 0 saturated heterocycles. The second-order valence-electron chi connectivity index (χ2n) is 4.98. The summed E-state index contributed by atoms with van der Waals surface area (Å²) >= 11 is 0. The van der Waals surface area contributed by atoms with Crippen LogP contribution in [0.2, 0.25) is 0 Å². The summed E-state index contributed by atoms with van der Waals surface area (Å²) in [5, 5.41) is 13.2. The molecule has 3 rings (SSSR count). The van der Waals surface area contributed by atoms with Gasteiger partial charge in [-0.3, -0.25) is 4.98 Å². The Morgan fingerprint density at radius 2 is 1.96 bits per heavy atom. The first-order valence-electron chi connectivity index (χ1n) is 7.29. The van der Waals surface area contributed by atoms with Gasteiger partial charge in [0.05, 0.1) is 17.7 Å². The van der Waals surface area contributed by atoms with E-state index < -0.39 is 5.97 Å². The molecule has 0 unspecified atom stereocenters. The van der Waals surface area contributed by atoms with Gasteiger partial charge in [-0.15, -0.1) is 0 Å². The molecular formula is C18H16N2O3. The number of carboxylic acids is 1. The van der Waals surface area contributed by atoms with Crippen LogP contribution in [-0.2, 0) is 0 Å². The summed E-state index contributed by atoms with van der Waals surface area (Å²) in [5.74, 6) is -0.148. The first kappa shape index (κ1) is 14.8. The molecule has 0 amide bonds. The van der Waals surface area contributed by atoms with Gasteiger partial charge in [-0.2, -0.15) is 0 Å². The van der Waals surface area contributed by atoms with Crippen LogP contribution in [0, 0.1) is 0 Å². The maximum absolute atomic E-state index is 10.9. The molecule has 5 nitrogen and oxygen atoms in total. The van der Waals surface area contributed by atoms with Crippen molar-refractivity contribution in [3.05, 3.63) is 60.3 Å². The third-order valence-electron chi connectivity index (χ3n) is 3.44. The van der Waals surface area contributed by atoms with Crippen LogP contribution < -0.4 is 10.1 Å². The highest BCUT2D eigenvalue weighted by Gasteiger charge is 2.06. The number of carbonyl (C=O) groups is 1. The number of hydrogen-bond acceptors (Lipinski definition) is 4. The molecule has 0 radical (unpaired) electrons. The van der Waals surface area contributed by atoms with Gasteiger partial charge in [0.1, 0.15) is 5.75 Å². The third kappa shape index (κ3) is 3.23. The molecule has 0 aliphatic heterocycles. The van der Waals surface area contributed by atoms with Crippen LogP contribution in [0.15, 0.2) is 54.7 Å². The van der Waals surface area contributed by atoms with Gasteiger partial charge in [-0.05, 0) is 49.4 Å². The number of benzene rings is 2. The zero-order valence-corrected chi connectivity index (χ0v) is 12.6. The lowest BCUT2D eigenvalue weighted by Crippen LogP contribution is -1.97. The Kier molecular flexibility index (Phi) is 4.10. The summed E-state index contributed by atoms with van der Waals surface area (Å²) in [6, 6.07) is 14.3. The molecular weight excluding hydrogens is 292 g/mol. The Balaban J connectivity index is 1.91. The molecule has 1 aromatic heterocycles. The van der Waals surface area contributed by atoms with Gasteiger partial charge < -0.3 is 15.2 Å². The highest BCUT2D eigenvalue weighted by Crippen LogP contribution is 2.28. The van der Waals surface area contributed by atoms with Crippen molar-refractivity contribution in [2.45, 2.75) is 6.92 Å². The number of fused-ring (bicyclic) bond motifs is 1. The number of carboxylic acid groups (broad SMARTS) is 1. The van der Waals surface area contributed by atoms with Crippen molar-refractivity contribution in [1.29, 1.82) is 0 Å². The predicted molar refractivity (Wildman–Crippen MR) is 89.6 cm³/mol. The Morgan fingerprint density at radius 1 is 1.17 bits per heavy atom. The zero-order chi connectivity index (χ0) is 16.2. The highest BCUT2D eigenvalue weighted by molar-refractivity contribution is 5.94. The van der Waals surface area contributed by atoms with Crippen molar-refractivity contribution in [1.82, 2.24) is 4.98 Å². The topological polar surface area (TPSA) is 71.5 Å². The quantitative estimate of drug-likeness (QED) is 0.743. The fourth-order valence-corrected chi connectivity index (χ4v) is 2.34. The maximum atomic E-state index is 10.9. The molecule has 0 fully saturated rings. The van der Waals surface area contributed by atoms with Crippen molar-refractivity contribution < 1.29 is 14.6 Å². The van der Waals surface area contributed by atoms with E-state index in [0.29, 0.717) is 6.61 Å². The van der Waals surface area contributed by atoms with E-state index in [1.807, 2.05) is 31.2 Å². The van der Waals surface area contributed by atoms with Crippen LogP contribution in [0.5, 0.6) is 5.75 Å². The predicted octanol–water partition coefficient (Wildman–Crippen LogP) is 4.08. The second kappa shape index (κ2) is 6.36. The molecule has 2 aromatic carbocycles. The molecule has 3 aromatic rings. The summed E-state index contributed by atoms with van der Waals surface area (Å²) in [6.45, 7) is 2.55. The van der Waals surface area contributed by atoms with E-state index in [9.17, 15) is 4.79 Å². The van der Waals surface area contributed by atoms with E-state index in [2.05, 4.69) is 10.3 Å². The number of nitrogens with zero attached hydrogens (tertiary/aromatic N) is 1. The van der Waals surface area contributed by atoms with Gasteiger partial charge in [0.2, 0.25) is 0 Å². The van der Waals surface area contributed by atoms with Crippen LogP contribution in [0.1, 0.15) is 17.3 Å². The van der Waals surface area contributed by atoms with E-state index in [1.165, 1.54) is 0 Å². The number of aromatic carboxylic acids is 1. The smallest absolute Gasteiger partial charge is 0.335 e. The Labute approximate surface area is 133 Å². The SMILES string of the molecule is CCOc1ccc2c(Nc3ccc(C(=O)O)cc3)ccnc2c1. The lowest BCUT2D eigenvalue weighted by Gasteiger charge is -2.11. The molecule has 0 bridgehead atoms. The van der Waals surface area contributed by atoms with Gasteiger partial charge in [0.25, 0.3) is 0 Å². The maximum Gasteiger partial charge on any atom is 0.335 e. The Morgan fingerprint density at radius 3 is 2.65 bits per heavy atom. The fourth-order valence-electron chi connectivity index (χ4n) is 2.34. The second-order valence-corrected chi connectivity index (χ2v) is 4.98. The van der Waals surface area contributed by atoms with Crippen molar-refractivity contribution in [2.75, 3.05) is 11.9 Å². The molecule has 0 atom stereocenters. The van der Waals surface area contributed by atoms with Crippen molar-refractivity contribution in [3.63, 3.8) is 0 Å². The van der Waals surface area contributed by atoms with E-state index >= 15 is 0 Å². The van der Waals surface area contributed by atoms with E-state index in [1.54, 1.807) is 30.5 Å². The molecule has 0 aliphatic rings. The largest absolute Gasteiger partial charge is 0.494 e. The number of aromatic nitrogens is 1. The first-order valence-corrected chi connectivity index (χ1v) is 7.29. The first-order chi connectivity index (χ1) is 11.2. The number of rotatable bonds is 5. The van der Waals surface area contributed by atoms with Gasteiger partial charge in [-0.1, -0.05) is 0 Å². The zero-order valence-electron chi connectivity index (χ0n) is 12.6. The van der Waals surface area contributed by atoms with Crippen LogP contribution in [-0.4, -0.2) is 22.7 Å². The molecule has 1 heterocycles. The van der Waals surface area contributed by atoms with Crippen LogP contribution in [0.4, 0.5) is 11.4 Å². The lowest BCUT2D eigenvalue weighted by atomic mass is 10.1. The van der Waals surface area contributed by atoms with Crippen LogP contribution in [0.25, 0.3) is 10.9 Å². The molecule has 2 N–H and O–H groups in total. The van der Waals surface area contributed by atoms with Crippen molar-refractivity contribution in [3.8, 4) is 5.75 Å². The minimum atomic E-state index is -0.936. The third-order valence-corrected chi connectivity index (χ3v) is 3.44. The minimum absolute atomic E-state index is 0.261. The molecule has 0 aliphatic carbocycles. The number of anilines is 2. The summed E-state index contributed by atoms with van der Waals surface area (Å²) < 4.78 is 5.49. The lowest BCUT2D eigenvalue weighted by molar-refractivity contribution is 0.0697. The minimum Gasteiger partial charge on any atom is -0.494 e. The van der Waals surface area contributed by atoms with Gasteiger partial charge in [-0.25, -0.2) is 4.79 Å². The number of hydrogen-bond donors (Lipinski definition) is 2. The summed E-state index contributed by atoms with van der Waals surface area (Å²) in [4.78, 5) is 15.3. The Bertz CT molecular complexity index is 845. The van der Waals surface area contributed by atoms with E-state index in [4.69, 9.17) is 9.84 Å². The molecule has 23 heavy (non-hydrogen) atoms. The average molecular weight is 308 g/mol. The van der Waals surface area contributed by atoms with Gasteiger partial charge in [0, 0.05) is 29.0 Å². The number of pyridine rings is 1. The fraction of sp³-hybridized carbons (Fsp3) is 0.111. The summed E-state index contributed by atoms with van der Waals surface area (Å²) in [7, 11) is 0. The van der Waals surface area contributed by atoms with E-state index in [0.717, 1.165) is 28.0 Å². The monoisotopic (exact) mass is 308 g/mol. The van der Waals surface area contributed by atoms with Crippen molar-refractivity contribution >= 4 is 28.2 Å². The van der Waals surface area contributed by atoms with Crippen LogP contribution >= 0.6 is 0 Å². The van der Waals surface area contributed by atoms with E-state index in [-0.39, 0.29) is 5.56 Å². The molecule has 0 spiro atoms. The molecule has 5 heteroatoms. The normalized spacial score (nSPS) is 10.5. The molecule has 116 valence electrons. The number of nitrogens with one attached hydrogen (secondary N) is 1. The average Bonchev–Trinajstić information content (AvgIpc) is 2.56. The van der Waals surface area contributed by atoms with Crippen LogP contribution in [0.3, 0.4) is 0 Å². The standard InChI is InChI=1S/C18H16N2O3/c1-2-23-14-7-8-15-16(9-10-19-17(15)11-14)20-13-5-3-12(4-6-13)18(21)22/h3-11H,2H2,1H3,(H,19,20)(H,21,22). The van der Waals surface area contributed by atoms with Crippen molar-refractivity contribution in [2.24, 2.45) is 0 Å². The highest BCUT2D eigenvalue weighted by atomic mass is 16.5. The van der Waals surface area contributed by atoms with Gasteiger partial charge in [0.15, 0.2) is 0 Å². The number of ether oxygens (including phenoxy) is 1.